The number of hydrogen-bond donors (Lipinski definition) is 0. The fourth-order valence-corrected chi connectivity index (χ4v) is 2.49. The molecular formula is C17H21N3O. The number of nitrogens with zero attached hydrogens (tertiary/aromatic N) is 3. The Kier molecular flexibility index (Phi) is 3.95. The molecule has 0 N–H and O–H groups in total. The first-order chi connectivity index (χ1) is 10.2. The molecular weight excluding hydrogens is 262 g/mol. The SMILES string of the molecule is Cc1ccc(N2CCN(N=Cc3ccc(C)o3)CC2)cc1. The van der Waals surface area contributed by atoms with Crippen molar-refractivity contribution in [1.82, 2.24) is 5.01 Å². The van der Waals surface area contributed by atoms with Crippen LogP contribution in [0.3, 0.4) is 0 Å². The van der Waals surface area contributed by atoms with Crippen LogP contribution in [0, 0.1) is 13.8 Å². The summed E-state index contributed by atoms with van der Waals surface area (Å²) in [6.07, 6.45) is 1.80. The van der Waals surface area contributed by atoms with Gasteiger partial charge in [0.2, 0.25) is 0 Å². The number of benzene rings is 1. The molecule has 1 saturated heterocycles. The number of aryl methyl sites for hydroxylation is 2. The van der Waals surface area contributed by atoms with E-state index in [1.165, 1.54) is 11.3 Å². The fraction of sp³-hybridized carbons (Fsp3) is 0.353. The first-order valence-corrected chi connectivity index (χ1v) is 7.38. The third-order valence-electron chi connectivity index (χ3n) is 3.76. The van der Waals surface area contributed by atoms with Gasteiger partial charge in [-0.25, -0.2) is 0 Å². The lowest BCUT2D eigenvalue weighted by Crippen LogP contribution is -2.44. The van der Waals surface area contributed by atoms with Gasteiger partial charge in [-0.15, -0.1) is 0 Å². The molecule has 0 radical (unpaired) electrons. The van der Waals surface area contributed by atoms with Crippen LogP contribution in [0.15, 0.2) is 45.9 Å². The molecule has 1 aromatic carbocycles. The van der Waals surface area contributed by atoms with Crippen molar-refractivity contribution in [3.63, 3.8) is 0 Å². The van der Waals surface area contributed by atoms with Crippen molar-refractivity contribution in [2.24, 2.45) is 5.10 Å². The second-order valence-electron chi connectivity index (χ2n) is 5.47. The Balaban J connectivity index is 1.55. The van der Waals surface area contributed by atoms with E-state index in [4.69, 9.17) is 4.42 Å². The molecule has 0 unspecified atom stereocenters. The van der Waals surface area contributed by atoms with Crippen molar-refractivity contribution in [1.29, 1.82) is 0 Å². The molecule has 110 valence electrons. The van der Waals surface area contributed by atoms with Gasteiger partial charge in [0.1, 0.15) is 11.5 Å². The van der Waals surface area contributed by atoms with E-state index in [0.717, 1.165) is 37.7 Å². The summed E-state index contributed by atoms with van der Waals surface area (Å²) in [7, 11) is 0. The molecule has 0 amide bonds. The second kappa shape index (κ2) is 6.04. The van der Waals surface area contributed by atoms with E-state index >= 15 is 0 Å². The molecule has 1 aromatic heterocycles. The first-order valence-electron chi connectivity index (χ1n) is 7.38. The van der Waals surface area contributed by atoms with Crippen LogP contribution in [0.4, 0.5) is 5.69 Å². The van der Waals surface area contributed by atoms with Crippen LogP contribution in [-0.2, 0) is 0 Å². The molecule has 4 nitrogen and oxygen atoms in total. The Morgan fingerprint density at radius 3 is 2.29 bits per heavy atom. The molecule has 0 saturated carbocycles. The van der Waals surface area contributed by atoms with E-state index in [9.17, 15) is 0 Å². The zero-order valence-corrected chi connectivity index (χ0v) is 12.6. The molecule has 2 heterocycles. The topological polar surface area (TPSA) is 32.0 Å². The van der Waals surface area contributed by atoms with Gasteiger partial charge in [0.25, 0.3) is 0 Å². The summed E-state index contributed by atoms with van der Waals surface area (Å²) in [5.74, 6) is 1.73. The van der Waals surface area contributed by atoms with Gasteiger partial charge >= 0.3 is 0 Å². The second-order valence-corrected chi connectivity index (χ2v) is 5.47. The van der Waals surface area contributed by atoms with Gasteiger partial charge in [-0.05, 0) is 38.1 Å². The molecule has 0 atom stereocenters. The van der Waals surface area contributed by atoms with Crippen molar-refractivity contribution in [2.75, 3.05) is 31.1 Å². The summed E-state index contributed by atoms with van der Waals surface area (Å²) in [6.45, 7) is 7.92. The number of rotatable bonds is 3. The number of furan rings is 1. The molecule has 0 spiro atoms. The van der Waals surface area contributed by atoms with E-state index in [0.29, 0.717) is 0 Å². The Bertz CT molecular complexity index is 607. The Labute approximate surface area is 125 Å². The van der Waals surface area contributed by atoms with Crippen molar-refractivity contribution in [3.8, 4) is 0 Å². The van der Waals surface area contributed by atoms with Crippen molar-refractivity contribution in [3.05, 3.63) is 53.5 Å². The molecule has 0 bridgehead atoms. The summed E-state index contributed by atoms with van der Waals surface area (Å²) in [5.41, 5.74) is 2.60. The molecule has 21 heavy (non-hydrogen) atoms. The minimum absolute atomic E-state index is 0.813. The number of hydrogen-bond acceptors (Lipinski definition) is 4. The van der Waals surface area contributed by atoms with Gasteiger partial charge in [-0.1, -0.05) is 17.7 Å². The van der Waals surface area contributed by atoms with E-state index < -0.39 is 0 Å². The van der Waals surface area contributed by atoms with Crippen LogP contribution < -0.4 is 4.90 Å². The van der Waals surface area contributed by atoms with Crippen molar-refractivity contribution in [2.45, 2.75) is 13.8 Å². The smallest absolute Gasteiger partial charge is 0.147 e. The summed E-state index contributed by atoms with van der Waals surface area (Å²) in [4.78, 5) is 2.41. The van der Waals surface area contributed by atoms with Crippen LogP contribution in [0.1, 0.15) is 17.1 Å². The molecule has 4 heteroatoms. The molecule has 1 aliphatic rings. The van der Waals surface area contributed by atoms with Gasteiger partial charge in [-0.3, -0.25) is 5.01 Å². The lowest BCUT2D eigenvalue weighted by atomic mass is 10.2. The molecule has 1 aliphatic heterocycles. The van der Waals surface area contributed by atoms with Crippen LogP contribution in [0.2, 0.25) is 0 Å². The zero-order chi connectivity index (χ0) is 14.7. The van der Waals surface area contributed by atoms with Crippen LogP contribution in [-0.4, -0.2) is 37.4 Å². The predicted octanol–water partition coefficient (Wildman–Crippen LogP) is 3.05. The lowest BCUT2D eigenvalue weighted by Gasteiger charge is -2.34. The first kappa shape index (κ1) is 13.7. The Morgan fingerprint density at radius 2 is 1.67 bits per heavy atom. The highest BCUT2D eigenvalue weighted by Crippen LogP contribution is 2.17. The molecule has 3 rings (SSSR count). The normalized spacial score (nSPS) is 15.9. The van der Waals surface area contributed by atoms with E-state index in [1.54, 1.807) is 6.21 Å². The third-order valence-corrected chi connectivity index (χ3v) is 3.76. The van der Waals surface area contributed by atoms with Crippen LogP contribution >= 0.6 is 0 Å². The largest absolute Gasteiger partial charge is 0.460 e. The number of anilines is 1. The highest BCUT2D eigenvalue weighted by atomic mass is 16.3. The maximum atomic E-state index is 5.49. The van der Waals surface area contributed by atoms with Gasteiger partial charge in [0.15, 0.2) is 0 Å². The summed E-state index contributed by atoms with van der Waals surface area (Å²) < 4.78 is 5.49. The number of piperazine rings is 1. The van der Waals surface area contributed by atoms with Crippen LogP contribution in [0.25, 0.3) is 0 Å². The molecule has 1 fully saturated rings. The third kappa shape index (κ3) is 3.45. The monoisotopic (exact) mass is 283 g/mol. The predicted molar refractivity (Wildman–Crippen MR) is 86.0 cm³/mol. The van der Waals surface area contributed by atoms with Gasteiger partial charge < -0.3 is 9.32 Å². The average molecular weight is 283 g/mol. The van der Waals surface area contributed by atoms with Gasteiger partial charge in [0.05, 0.1) is 19.3 Å². The van der Waals surface area contributed by atoms with E-state index in [-0.39, 0.29) is 0 Å². The molecule has 2 aromatic rings. The maximum Gasteiger partial charge on any atom is 0.147 e. The lowest BCUT2D eigenvalue weighted by molar-refractivity contribution is 0.271. The highest BCUT2D eigenvalue weighted by Gasteiger charge is 2.15. The standard InChI is InChI=1S/C17H21N3O/c1-14-3-6-16(7-4-14)19-9-11-20(12-10-19)18-13-17-8-5-15(2)21-17/h3-8,13H,9-12H2,1-2H3. The minimum atomic E-state index is 0.813. The van der Waals surface area contributed by atoms with E-state index in [2.05, 4.69) is 46.2 Å². The Morgan fingerprint density at radius 1 is 0.952 bits per heavy atom. The van der Waals surface area contributed by atoms with Crippen molar-refractivity contribution >= 4 is 11.9 Å². The van der Waals surface area contributed by atoms with Crippen LogP contribution in [0.5, 0.6) is 0 Å². The summed E-state index contributed by atoms with van der Waals surface area (Å²) in [6, 6.07) is 12.6. The van der Waals surface area contributed by atoms with Gasteiger partial charge in [-0.2, -0.15) is 5.10 Å². The Hall–Kier alpha value is -2.23. The maximum absolute atomic E-state index is 5.49. The molecule has 0 aliphatic carbocycles. The average Bonchev–Trinajstić information content (AvgIpc) is 2.92. The quantitative estimate of drug-likeness (QED) is 0.811. The van der Waals surface area contributed by atoms with Gasteiger partial charge in [0, 0.05) is 18.8 Å². The number of hydrazone groups is 1. The highest BCUT2D eigenvalue weighted by molar-refractivity contribution is 5.75. The van der Waals surface area contributed by atoms with Crippen molar-refractivity contribution < 1.29 is 4.42 Å². The fourth-order valence-electron chi connectivity index (χ4n) is 2.49. The van der Waals surface area contributed by atoms with E-state index in [1.807, 2.05) is 19.1 Å². The summed E-state index contributed by atoms with van der Waals surface area (Å²) in [5, 5.41) is 6.60. The minimum Gasteiger partial charge on any atom is -0.460 e. The zero-order valence-electron chi connectivity index (χ0n) is 12.6. The summed E-state index contributed by atoms with van der Waals surface area (Å²) >= 11 is 0.